The molecule has 0 aliphatic heterocycles. The molecule has 0 atom stereocenters. The monoisotopic (exact) mass is 383 g/mol. The van der Waals surface area contributed by atoms with E-state index < -0.39 is 0 Å². The van der Waals surface area contributed by atoms with Crippen molar-refractivity contribution in [3.8, 4) is 11.5 Å². The number of hydrogen-bond donors (Lipinski definition) is 1. The van der Waals surface area contributed by atoms with Crippen LogP contribution in [-0.4, -0.2) is 58.1 Å². The molecule has 0 saturated heterocycles. The maximum Gasteiger partial charge on any atom is 0.230 e. The van der Waals surface area contributed by atoms with Gasteiger partial charge in [0.2, 0.25) is 5.91 Å². The zero-order chi connectivity index (χ0) is 19.1. The molecule has 1 N–H and O–H groups in total. The molecular weight excluding hydrogens is 358 g/mol. The molecule has 0 fully saturated rings. The van der Waals surface area contributed by atoms with Crippen LogP contribution in [0.5, 0.6) is 0 Å². The number of aromatic nitrogens is 3. The number of thioether (sulfide) groups is 1. The Labute approximate surface area is 164 Å². The summed E-state index contributed by atoms with van der Waals surface area (Å²) in [5.74, 6) is 2.24. The van der Waals surface area contributed by atoms with Gasteiger partial charge in [0, 0.05) is 36.8 Å². The average molecular weight is 384 g/mol. The molecule has 3 rings (SSSR count). The Bertz CT molecular complexity index is 843. The topological polar surface area (TPSA) is 55.1 Å². The average Bonchev–Trinajstić information content (AvgIpc) is 3.31. The Morgan fingerprint density at radius 2 is 1.89 bits per heavy atom. The van der Waals surface area contributed by atoms with E-state index in [1.165, 1.54) is 0 Å². The van der Waals surface area contributed by atoms with Crippen LogP contribution in [0.1, 0.15) is 5.56 Å². The van der Waals surface area contributed by atoms with Crippen LogP contribution in [0, 0.1) is 0 Å². The molecule has 0 unspecified atom stereocenters. The summed E-state index contributed by atoms with van der Waals surface area (Å²) in [6.07, 6.45) is 5.91. The summed E-state index contributed by atoms with van der Waals surface area (Å²) >= 11 is 1.60. The molecule has 6 nitrogen and oxygen atoms in total. The Kier molecular flexibility index (Phi) is 6.73. The molecule has 2 heterocycles. The minimum atomic E-state index is 0.0693. The van der Waals surface area contributed by atoms with Crippen LogP contribution < -0.4 is 5.32 Å². The number of nitrogens with zero attached hydrogens (tertiary/aromatic N) is 4. The molecule has 0 aliphatic rings. The first kappa shape index (κ1) is 19.3. The summed E-state index contributed by atoms with van der Waals surface area (Å²) in [5, 5.41) is 7.53. The van der Waals surface area contributed by atoms with Crippen LogP contribution in [0.2, 0.25) is 0 Å². The molecule has 142 valence electrons. The van der Waals surface area contributed by atoms with E-state index in [0.717, 1.165) is 29.4 Å². The van der Waals surface area contributed by atoms with E-state index in [-0.39, 0.29) is 5.91 Å². The second-order valence-electron chi connectivity index (χ2n) is 6.48. The summed E-state index contributed by atoms with van der Waals surface area (Å²) in [6, 6.07) is 14.1. The quantitative estimate of drug-likeness (QED) is 0.617. The second-order valence-corrected chi connectivity index (χ2v) is 7.46. The number of likely N-dealkylation sites (N-methyl/N-ethyl adjacent to an activating group) is 1. The van der Waals surface area contributed by atoms with Crippen molar-refractivity contribution >= 4 is 17.7 Å². The first-order valence-corrected chi connectivity index (χ1v) is 10.1. The first-order valence-electron chi connectivity index (χ1n) is 8.90. The van der Waals surface area contributed by atoms with Crippen molar-refractivity contribution in [1.29, 1.82) is 0 Å². The summed E-state index contributed by atoms with van der Waals surface area (Å²) in [4.78, 5) is 14.0. The molecule has 1 amide bonds. The van der Waals surface area contributed by atoms with E-state index in [1.807, 2.05) is 79.8 Å². The highest BCUT2D eigenvalue weighted by Gasteiger charge is 2.14. The SMILES string of the molecule is CN(C)CCNC(=O)CSCc1cnn(-c2ccccc2)c1-n1cccc1. The number of carbonyl (C=O) groups is 1. The number of rotatable bonds is 9. The Morgan fingerprint density at radius 1 is 1.15 bits per heavy atom. The van der Waals surface area contributed by atoms with Gasteiger partial charge in [-0.25, -0.2) is 4.68 Å². The molecule has 0 spiro atoms. The van der Waals surface area contributed by atoms with Crippen molar-refractivity contribution in [3.63, 3.8) is 0 Å². The standard InChI is InChI=1S/C20H25N5OS/c1-23(2)13-10-21-19(26)16-27-15-17-14-22-25(18-8-4-3-5-9-18)20(17)24-11-6-7-12-24/h3-9,11-12,14H,10,13,15-16H2,1-2H3,(H,21,26). The van der Waals surface area contributed by atoms with Gasteiger partial charge in [0.05, 0.1) is 17.6 Å². The van der Waals surface area contributed by atoms with Crippen molar-refractivity contribution in [1.82, 2.24) is 24.6 Å². The first-order chi connectivity index (χ1) is 13.1. The fourth-order valence-electron chi connectivity index (χ4n) is 2.71. The maximum atomic E-state index is 12.0. The zero-order valence-electron chi connectivity index (χ0n) is 15.7. The summed E-state index contributed by atoms with van der Waals surface area (Å²) in [6.45, 7) is 1.52. The third kappa shape index (κ3) is 5.24. The van der Waals surface area contributed by atoms with Crippen molar-refractivity contribution in [3.05, 3.63) is 66.6 Å². The number of hydrogen-bond acceptors (Lipinski definition) is 4. The van der Waals surface area contributed by atoms with Gasteiger partial charge in [0.25, 0.3) is 0 Å². The predicted molar refractivity (Wildman–Crippen MR) is 111 cm³/mol. The highest BCUT2D eigenvalue weighted by Crippen LogP contribution is 2.23. The minimum Gasteiger partial charge on any atom is -0.354 e. The van der Waals surface area contributed by atoms with Gasteiger partial charge in [-0.15, -0.1) is 11.8 Å². The largest absolute Gasteiger partial charge is 0.354 e. The Balaban J connectivity index is 1.67. The van der Waals surface area contributed by atoms with E-state index >= 15 is 0 Å². The number of nitrogens with one attached hydrogen (secondary N) is 1. The lowest BCUT2D eigenvalue weighted by Crippen LogP contribution is -2.32. The van der Waals surface area contributed by atoms with E-state index in [0.29, 0.717) is 12.3 Å². The molecule has 7 heteroatoms. The number of para-hydroxylation sites is 1. The Morgan fingerprint density at radius 3 is 2.59 bits per heavy atom. The highest BCUT2D eigenvalue weighted by atomic mass is 32.2. The molecule has 2 aromatic heterocycles. The van der Waals surface area contributed by atoms with Gasteiger partial charge in [0.15, 0.2) is 0 Å². The highest BCUT2D eigenvalue weighted by molar-refractivity contribution is 7.99. The second kappa shape index (κ2) is 9.43. The minimum absolute atomic E-state index is 0.0693. The molecule has 3 aromatic rings. The number of amides is 1. The lowest BCUT2D eigenvalue weighted by molar-refractivity contribution is -0.118. The third-order valence-corrected chi connectivity index (χ3v) is 5.02. The van der Waals surface area contributed by atoms with Crippen molar-refractivity contribution in [2.24, 2.45) is 0 Å². The molecule has 27 heavy (non-hydrogen) atoms. The number of carbonyl (C=O) groups excluding carboxylic acids is 1. The number of benzene rings is 1. The molecular formula is C20H25N5OS. The van der Waals surface area contributed by atoms with Crippen molar-refractivity contribution in [2.45, 2.75) is 5.75 Å². The van der Waals surface area contributed by atoms with Crippen LogP contribution in [0.25, 0.3) is 11.5 Å². The van der Waals surface area contributed by atoms with E-state index in [2.05, 4.69) is 19.9 Å². The van der Waals surface area contributed by atoms with Gasteiger partial charge >= 0.3 is 0 Å². The van der Waals surface area contributed by atoms with E-state index in [4.69, 9.17) is 0 Å². The van der Waals surface area contributed by atoms with E-state index in [1.54, 1.807) is 11.8 Å². The maximum absolute atomic E-state index is 12.0. The molecule has 0 aliphatic carbocycles. The lowest BCUT2D eigenvalue weighted by Gasteiger charge is -2.11. The fraction of sp³-hybridized carbons (Fsp3) is 0.300. The Hall–Kier alpha value is -2.51. The molecule has 0 radical (unpaired) electrons. The van der Waals surface area contributed by atoms with Crippen LogP contribution in [-0.2, 0) is 10.5 Å². The van der Waals surface area contributed by atoms with Gasteiger partial charge in [-0.3, -0.25) is 4.79 Å². The zero-order valence-corrected chi connectivity index (χ0v) is 16.5. The van der Waals surface area contributed by atoms with Gasteiger partial charge in [-0.2, -0.15) is 5.10 Å². The summed E-state index contributed by atoms with van der Waals surface area (Å²) in [7, 11) is 3.99. The fourth-order valence-corrected chi connectivity index (χ4v) is 3.52. The van der Waals surface area contributed by atoms with Crippen LogP contribution >= 0.6 is 11.8 Å². The van der Waals surface area contributed by atoms with Gasteiger partial charge in [-0.1, -0.05) is 18.2 Å². The van der Waals surface area contributed by atoms with E-state index in [9.17, 15) is 4.79 Å². The molecule has 0 saturated carbocycles. The summed E-state index contributed by atoms with van der Waals surface area (Å²) in [5.41, 5.74) is 2.11. The smallest absolute Gasteiger partial charge is 0.230 e. The summed E-state index contributed by atoms with van der Waals surface area (Å²) < 4.78 is 4.00. The lowest BCUT2D eigenvalue weighted by atomic mass is 10.3. The van der Waals surface area contributed by atoms with Crippen LogP contribution in [0.3, 0.4) is 0 Å². The van der Waals surface area contributed by atoms with Crippen LogP contribution in [0.4, 0.5) is 0 Å². The van der Waals surface area contributed by atoms with Crippen molar-refractivity contribution in [2.75, 3.05) is 32.9 Å². The predicted octanol–water partition coefficient (Wildman–Crippen LogP) is 2.57. The molecule has 1 aromatic carbocycles. The van der Waals surface area contributed by atoms with Crippen molar-refractivity contribution < 1.29 is 4.79 Å². The van der Waals surface area contributed by atoms with Gasteiger partial charge < -0.3 is 14.8 Å². The molecule has 0 bridgehead atoms. The van der Waals surface area contributed by atoms with Gasteiger partial charge in [-0.05, 0) is 38.4 Å². The third-order valence-electron chi connectivity index (χ3n) is 4.04. The normalized spacial score (nSPS) is 11.1. The van der Waals surface area contributed by atoms with Crippen LogP contribution in [0.15, 0.2) is 61.1 Å². The van der Waals surface area contributed by atoms with Gasteiger partial charge in [0.1, 0.15) is 5.82 Å².